The van der Waals surface area contributed by atoms with Crippen molar-refractivity contribution in [2.45, 2.75) is 70.6 Å². The second-order valence-corrected chi connectivity index (χ2v) is 8.28. The first-order valence-electron chi connectivity index (χ1n) is 8.47. The quantitative estimate of drug-likeness (QED) is 0.864. The van der Waals surface area contributed by atoms with Gasteiger partial charge in [0.2, 0.25) is 0 Å². The van der Waals surface area contributed by atoms with Crippen molar-refractivity contribution >= 4 is 0 Å². The summed E-state index contributed by atoms with van der Waals surface area (Å²) in [4.78, 5) is 2.56. The molecular formula is C17H32N2O. The van der Waals surface area contributed by atoms with Crippen LogP contribution in [0.1, 0.15) is 52.9 Å². The second kappa shape index (κ2) is 4.96. The Bertz CT molecular complexity index is 362. The van der Waals surface area contributed by atoms with Crippen molar-refractivity contribution in [1.82, 2.24) is 4.90 Å². The third kappa shape index (κ3) is 2.05. The highest BCUT2D eigenvalue weighted by Crippen LogP contribution is 2.58. The Kier molecular flexibility index (Phi) is 3.67. The minimum absolute atomic E-state index is 0.0635. The highest BCUT2D eigenvalue weighted by molar-refractivity contribution is 5.21. The predicted octanol–water partition coefficient (Wildman–Crippen LogP) is 2.64. The number of hydrogen-bond donors (Lipinski definition) is 1. The van der Waals surface area contributed by atoms with Gasteiger partial charge in [-0.15, -0.1) is 0 Å². The molecule has 3 aliphatic rings. The molecule has 0 radical (unpaired) electrons. The molecule has 0 amide bonds. The lowest BCUT2D eigenvalue weighted by Crippen LogP contribution is -2.78. The van der Waals surface area contributed by atoms with Crippen molar-refractivity contribution in [1.29, 1.82) is 0 Å². The van der Waals surface area contributed by atoms with Gasteiger partial charge in [0.15, 0.2) is 0 Å². The molecule has 3 atom stereocenters. The number of likely N-dealkylation sites (N-methyl/N-ethyl adjacent to an activating group) is 1. The normalized spacial score (nSPS) is 47.1. The predicted molar refractivity (Wildman–Crippen MR) is 82.6 cm³/mol. The average Bonchev–Trinajstić information content (AvgIpc) is 2.87. The summed E-state index contributed by atoms with van der Waals surface area (Å²) in [6.45, 7) is 8.93. The Hall–Kier alpha value is -0.120. The van der Waals surface area contributed by atoms with Crippen molar-refractivity contribution in [3.63, 3.8) is 0 Å². The molecule has 0 aromatic heterocycles. The van der Waals surface area contributed by atoms with Gasteiger partial charge < -0.3 is 15.4 Å². The summed E-state index contributed by atoms with van der Waals surface area (Å²) in [6.07, 6.45) is 7.00. The maximum Gasteiger partial charge on any atom is 0.0691 e. The lowest BCUT2D eigenvalue weighted by molar-refractivity contribution is -0.164. The van der Waals surface area contributed by atoms with Gasteiger partial charge in [-0.1, -0.05) is 20.8 Å². The Labute approximate surface area is 124 Å². The van der Waals surface area contributed by atoms with Crippen LogP contribution in [0.15, 0.2) is 0 Å². The topological polar surface area (TPSA) is 38.5 Å². The molecule has 0 spiro atoms. The maximum absolute atomic E-state index is 6.88. The van der Waals surface area contributed by atoms with Crippen LogP contribution in [0, 0.1) is 17.3 Å². The maximum atomic E-state index is 6.88. The Balaban J connectivity index is 1.64. The fourth-order valence-corrected chi connectivity index (χ4v) is 5.02. The van der Waals surface area contributed by atoms with E-state index in [0.717, 1.165) is 31.5 Å². The van der Waals surface area contributed by atoms with E-state index in [0.29, 0.717) is 12.0 Å². The number of fused-ring (bicyclic) bond motifs is 1. The zero-order valence-electron chi connectivity index (χ0n) is 13.7. The van der Waals surface area contributed by atoms with Crippen LogP contribution in [0.2, 0.25) is 0 Å². The van der Waals surface area contributed by atoms with Gasteiger partial charge in [0.05, 0.1) is 6.10 Å². The smallest absolute Gasteiger partial charge is 0.0691 e. The van der Waals surface area contributed by atoms with Gasteiger partial charge in [-0.2, -0.15) is 0 Å². The van der Waals surface area contributed by atoms with Crippen LogP contribution in [0.5, 0.6) is 0 Å². The summed E-state index contributed by atoms with van der Waals surface area (Å²) < 4.78 is 5.91. The average molecular weight is 280 g/mol. The Morgan fingerprint density at radius 1 is 1.15 bits per heavy atom. The highest BCUT2D eigenvalue weighted by atomic mass is 16.5. The van der Waals surface area contributed by atoms with Gasteiger partial charge in [0, 0.05) is 36.1 Å². The molecule has 3 nitrogen and oxygen atoms in total. The molecule has 1 heterocycles. The van der Waals surface area contributed by atoms with E-state index in [9.17, 15) is 0 Å². The SMILES string of the molecule is CC1CCC(N(C)CC2(N)C3CCOC3C2(C)C)CC1. The summed E-state index contributed by atoms with van der Waals surface area (Å²) in [5.41, 5.74) is 6.93. The standard InChI is InChI=1S/C17H32N2O/c1-12-5-7-13(8-6-12)19(4)11-17(18)14-9-10-20-15(14)16(17,2)3/h12-15H,5-11,18H2,1-4H3. The van der Waals surface area contributed by atoms with Crippen LogP contribution < -0.4 is 5.73 Å². The first-order valence-corrected chi connectivity index (χ1v) is 8.47. The summed E-state index contributed by atoms with van der Waals surface area (Å²) >= 11 is 0. The summed E-state index contributed by atoms with van der Waals surface area (Å²) in [7, 11) is 2.29. The van der Waals surface area contributed by atoms with Crippen LogP contribution in [0.25, 0.3) is 0 Å². The van der Waals surface area contributed by atoms with Gasteiger partial charge in [0.1, 0.15) is 0 Å². The minimum atomic E-state index is -0.0635. The van der Waals surface area contributed by atoms with Crippen molar-refractivity contribution in [3.8, 4) is 0 Å². The van der Waals surface area contributed by atoms with Gasteiger partial charge in [-0.3, -0.25) is 0 Å². The Morgan fingerprint density at radius 3 is 2.45 bits per heavy atom. The van der Waals surface area contributed by atoms with E-state index >= 15 is 0 Å². The molecule has 2 saturated carbocycles. The van der Waals surface area contributed by atoms with Crippen molar-refractivity contribution in [2.75, 3.05) is 20.2 Å². The molecule has 0 aromatic rings. The molecule has 3 heteroatoms. The van der Waals surface area contributed by atoms with Gasteiger partial charge >= 0.3 is 0 Å². The lowest BCUT2D eigenvalue weighted by atomic mass is 9.48. The van der Waals surface area contributed by atoms with Crippen LogP contribution >= 0.6 is 0 Å². The van der Waals surface area contributed by atoms with Crippen LogP contribution in [-0.2, 0) is 4.74 Å². The zero-order valence-corrected chi connectivity index (χ0v) is 13.7. The highest BCUT2D eigenvalue weighted by Gasteiger charge is 2.67. The molecule has 0 bridgehead atoms. The van der Waals surface area contributed by atoms with E-state index in [4.69, 9.17) is 10.5 Å². The van der Waals surface area contributed by atoms with Gasteiger partial charge in [0.25, 0.3) is 0 Å². The number of ether oxygens (including phenoxy) is 1. The lowest BCUT2D eigenvalue weighted by Gasteiger charge is -2.63. The van der Waals surface area contributed by atoms with E-state index in [1.807, 2.05) is 0 Å². The summed E-state index contributed by atoms with van der Waals surface area (Å²) in [5, 5.41) is 0. The van der Waals surface area contributed by atoms with E-state index < -0.39 is 0 Å². The fraction of sp³-hybridized carbons (Fsp3) is 1.00. The third-order valence-electron chi connectivity index (χ3n) is 6.78. The molecule has 1 aliphatic heterocycles. The summed E-state index contributed by atoms with van der Waals surface area (Å²) in [6, 6.07) is 0.740. The van der Waals surface area contributed by atoms with E-state index in [1.165, 1.54) is 25.7 Å². The van der Waals surface area contributed by atoms with Crippen LogP contribution in [0.3, 0.4) is 0 Å². The molecule has 3 rings (SSSR count). The monoisotopic (exact) mass is 280 g/mol. The molecule has 1 saturated heterocycles. The number of nitrogens with two attached hydrogens (primary N) is 1. The Morgan fingerprint density at radius 2 is 1.80 bits per heavy atom. The van der Waals surface area contributed by atoms with E-state index in [2.05, 4.69) is 32.7 Å². The second-order valence-electron chi connectivity index (χ2n) is 8.28. The van der Waals surface area contributed by atoms with E-state index in [-0.39, 0.29) is 11.0 Å². The number of rotatable bonds is 3. The fourth-order valence-electron chi connectivity index (χ4n) is 5.02. The molecule has 0 aromatic carbocycles. The number of hydrogen-bond acceptors (Lipinski definition) is 3. The summed E-state index contributed by atoms with van der Waals surface area (Å²) in [5.74, 6) is 1.49. The van der Waals surface area contributed by atoms with E-state index in [1.54, 1.807) is 0 Å². The first kappa shape index (κ1) is 14.8. The van der Waals surface area contributed by atoms with Crippen LogP contribution in [0.4, 0.5) is 0 Å². The first-order chi connectivity index (χ1) is 9.36. The molecule has 3 unspecified atom stereocenters. The molecule has 3 fully saturated rings. The van der Waals surface area contributed by atoms with Crippen molar-refractivity contribution < 1.29 is 4.74 Å². The minimum Gasteiger partial charge on any atom is -0.377 e. The molecular weight excluding hydrogens is 248 g/mol. The molecule has 2 aliphatic carbocycles. The third-order valence-corrected chi connectivity index (χ3v) is 6.78. The van der Waals surface area contributed by atoms with Gasteiger partial charge in [-0.05, 0) is 45.1 Å². The van der Waals surface area contributed by atoms with Crippen LogP contribution in [-0.4, -0.2) is 42.8 Å². The van der Waals surface area contributed by atoms with Crippen molar-refractivity contribution in [3.05, 3.63) is 0 Å². The van der Waals surface area contributed by atoms with Crippen molar-refractivity contribution in [2.24, 2.45) is 23.0 Å². The molecule has 116 valence electrons. The molecule has 2 N–H and O–H groups in total. The number of nitrogens with zero attached hydrogens (tertiary/aromatic N) is 1. The molecule has 20 heavy (non-hydrogen) atoms. The zero-order chi connectivity index (χ0) is 14.5. The van der Waals surface area contributed by atoms with Gasteiger partial charge in [-0.25, -0.2) is 0 Å². The largest absolute Gasteiger partial charge is 0.377 e.